The van der Waals surface area contributed by atoms with E-state index in [4.69, 9.17) is 4.74 Å². The standard InChI is InChI=1S/C25H22N4O3/c1-28-21-9-5-6-10-22(21)29(2)25(28)19(15-26)23(30)16-32-24(31)14-13-18-12-11-17-7-3-4-8-20(17)27-18/h3-12H,13-14,16H2,1-2H3. The Morgan fingerprint density at radius 2 is 1.62 bits per heavy atom. The number of carbonyl (C=O) groups is 2. The minimum Gasteiger partial charge on any atom is -0.457 e. The van der Waals surface area contributed by atoms with Crippen LogP contribution in [0.1, 0.15) is 12.1 Å². The van der Waals surface area contributed by atoms with Gasteiger partial charge in [0.15, 0.2) is 6.61 Å². The monoisotopic (exact) mass is 426 g/mol. The largest absolute Gasteiger partial charge is 0.457 e. The van der Waals surface area contributed by atoms with E-state index in [1.807, 2.05) is 66.7 Å². The molecule has 0 bridgehead atoms. The number of nitriles is 1. The SMILES string of the molecule is CN1C(=C(C#N)C(=O)COC(=O)CCc2ccc3ccccc3n2)N(C)c2ccccc21. The van der Waals surface area contributed by atoms with Crippen LogP contribution in [0.4, 0.5) is 11.4 Å². The van der Waals surface area contributed by atoms with Crippen molar-refractivity contribution in [3.63, 3.8) is 0 Å². The van der Waals surface area contributed by atoms with Gasteiger partial charge in [0, 0.05) is 31.6 Å². The maximum Gasteiger partial charge on any atom is 0.306 e. The fourth-order valence-corrected chi connectivity index (χ4v) is 3.83. The molecule has 0 saturated carbocycles. The number of aromatic nitrogens is 1. The maximum atomic E-state index is 12.7. The van der Waals surface area contributed by atoms with Gasteiger partial charge in [-0.05, 0) is 24.3 Å². The highest BCUT2D eigenvalue weighted by atomic mass is 16.5. The van der Waals surface area contributed by atoms with Gasteiger partial charge in [-0.15, -0.1) is 0 Å². The summed E-state index contributed by atoms with van der Waals surface area (Å²) < 4.78 is 5.16. The van der Waals surface area contributed by atoms with Crippen molar-refractivity contribution in [3.05, 3.63) is 77.8 Å². The van der Waals surface area contributed by atoms with E-state index in [1.54, 1.807) is 23.9 Å². The molecule has 2 heterocycles. The Kier molecular flexibility index (Phi) is 5.86. The molecule has 0 spiro atoms. The van der Waals surface area contributed by atoms with Crippen LogP contribution in [0.25, 0.3) is 10.9 Å². The normalized spacial score (nSPS) is 12.5. The van der Waals surface area contributed by atoms with Crippen LogP contribution in [0.15, 0.2) is 72.1 Å². The molecule has 2 aromatic carbocycles. The Balaban J connectivity index is 1.38. The lowest BCUT2D eigenvalue weighted by Crippen LogP contribution is -2.27. The number of fused-ring (bicyclic) bond motifs is 2. The number of benzene rings is 2. The number of para-hydroxylation sites is 3. The third-order valence-corrected chi connectivity index (χ3v) is 5.46. The van der Waals surface area contributed by atoms with Gasteiger partial charge in [-0.2, -0.15) is 5.26 Å². The molecular weight excluding hydrogens is 404 g/mol. The first kappa shape index (κ1) is 21.1. The number of anilines is 2. The van der Waals surface area contributed by atoms with Crippen LogP contribution in [0.3, 0.4) is 0 Å². The van der Waals surface area contributed by atoms with E-state index in [0.29, 0.717) is 12.2 Å². The van der Waals surface area contributed by atoms with Gasteiger partial charge in [-0.3, -0.25) is 14.6 Å². The number of rotatable bonds is 6. The number of Topliss-reactive ketones (excluding diaryl/α,β-unsaturated/α-hetero) is 1. The highest BCUT2D eigenvalue weighted by molar-refractivity contribution is 6.03. The first-order valence-corrected chi connectivity index (χ1v) is 10.2. The minimum atomic E-state index is -0.536. The number of carbonyl (C=O) groups excluding carboxylic acids is 2. The van der Waals surface area contributed by atoms with Crippen molar-refractivity contribution in [3.8, 4) is 6.07 Å². The highest BCUT2D eigenvalue weighted by Crippen LogP contribution is 2.40. The van der Waals surface area contributed by atoms with E-state index in [0.717, 1.165) is 28.0 Å². The van der Waals surface area contributed by atoms with E-state index in [9.17, 15) is 14.9 Å². The molecule has 160 valence electrons. The maximum absolute atomic E-state index is 12.7. The molecule has 0 amide bonds. The molecule has 7 heteroatoms. The number of nitrogens with zero attached hydrogens (tertiary/aromatic N) is 4. The second kappa shape index (κ2) is 8.90. The van der Waals surface area contributed by atoms with Crippen molar-refractivity contribution in [2.75, 3.05) is 30.5 Å². The van der Waals surface area contributed by atoms with Gasteiger partial charge >= 0.3 is 5.97 Å². The zero-order valence-corrected chi connectivity index (χ0v) is 17.9. The lowest BCUT2D eigenvalue weighted by Gasteiger charge is -2.19. The molecule has 1 aliphatic rings. The summed E-state index contributed by atoms with van der Waals surface area (Å²) in [5.41, 5.74) is 3.38. The van der Waals surface area contributed by atoms with Crippen LogP contribution in [0.5, 0.6) is 0 Å². The summed E-state index contributed by atoms with van der Waals surface area (Å²) in [6.07, 6.45) is 0.507. The second-order valence-corrected chi connectivity index (χ2v) is 7.50. The molecule has 0 N–H and O–H groups in total. The van der Waals surface area contributed by atoms with Crippen LogP contribution >= 0.6 is 0 Å². The van der Waals surface area contributed by atoms with Gasteiger partial charge in [0.25, 0.3) is 0 Å². The molecule has 0 radical (unpaired) electrons. The molecule has 0 aliphatic carbocycles. The number of aryl methyl sites for hydroxylation is 1. The predicted octanol–water partition coefficient (Wildman–Crippen LogP) is 3.60. The van der Waals surface area contributed by atoms with Crippen LogP contribution in [-0.2, 0) is 20.7 Å². The molecule has 32 heavy (non-hydrogen) atoms. The van der Waals surface area contributed by atoms with Crippen molar-refractivity contribution in [2.45, 2.75) is 12.8 Å². The summed E-state index contributed by atoms with van der Waals surface area (Å²) in [4.78, 5) is 33.0. The zero-order chi connectivity index (χ0) is 22.7. The summed E-state index contributed by atoms with van der Waals surface area (Å²) in [6, 6.07) is 21.2. The Morgan fingerprint density at radius 3 is 2.31 bits per heavy atom. The predicted molar refractivity (Wildman–Crippen MR) is 122 cm³/mol. The van der Waals surface area contributed by atoms with E-state index >= 15 is 0 Å². The van der Waals surface area contributed by atoms with Crippen LogP contribution in [0, 0.1) is 11.3 Å². The Morgan fingerprint density at radius 1 is 0.969 bits per heavy atom. The Bertz CT molecular complexity index is 1240. The van der Waals surface area contributed by atoms with Crippen LogP contribution < -0.4 is 9.80 Å². The first-order valence-electron chi connectivity index (χ1n) is 10.2. The summed E-state index contributed by atoms with van der Waals surface area (Å²) in [5.74, 6) is -0.576. The molecule has 0 saturated heterocycles. The van der Waals surface area contributed by atoms with Gasteiger partial charge < -0.3 is 14.5 Å². The number of hydrogen-bond acceptors (Lipinski definition) is 7. The third kappa shape index (κ3) is 4.03. The summed E-state index contributed by atoms with van der Waals surface area (Å²) in [6.45, 7) is -0.478. The second-order valence-electron chi connectivity index (χ2n) is 7.50. The van der Waals surface area contributed by atoms with Gasteiger partial charge in [-0.25, -0.2) is 0 Å². The number of pyridine rings is 1. The molecule has 3 aromatic rings. The highest BCUT2D eigenvalue weighted by Gasteiger charge is 2.31. The molecular formula is C25H22N4O3. The van der Waals surface area contributed by atoms with Crippen LogP contribution in [-0.4, -0.2) is 37.4 Å². The topological polar surface area (TPSA) is 86.5 Å². The minimum absolute atomic E-state index is 0.0461. The smallest absolute Gasteiger partial charge is 0.306 e. The van der Waals surface area contributed by atoms with E-state index < -0.39 is 18.4 Å². The van der Waals surface area contributed by atoms with Crippen molar-refractivity contribution in [2.24, 2.45) is 0 Å². The Labute approximate surface area is 186 Å². The molecule has 1 aliphatic heterocycles. The van der Waals surface area contributed by atoms with Crippen molar-refractivity contribution in [1.82, 2.24) is 4.98 Å². The number of esters is 1. The molecule has 0 unspecified atom stereocenters. The van der Waals surface area contributed by atoms with Crippen LogP contribution in [0.2, 0.25) is 0 Å². The van der Waals surface area contributed by atoms with E-state index in [-0.39, 0.29) is 12.0 Å². The van der Waals surface area contributed by atoms with Gasteiger partial charge in [0.2, 0.25) is 5.78 Å². The van der Waals surface area contributed by atoms with Crippen molar-refractivity contribution < 1.29 is 14.3 Å². The number of ketones is 1. The lowest BCUT2D eigenvalue weighted by molar-refractivity contribution is -0.147. The number of ether oxygens (including phenoxy) is 1. The van der Waals surface area contributed by atoms with Gasteiger partial charge in [0.1, 0.15) is 17.5 Å². The molecule has 0 fully saturated rings. The molecule has 4 rings (SSSR count). The lowest BCUT2D eigenvalue weighted by atomic mass is 10.1. The molecule has 0 atom stereocenters. The van der Waals surface area contributed by atoms with E-state index in [1.165, 1.54) is 0 Å². The van der Waals surface area contributed by atoms with E-state index in [2.05, 4.69) is 4.98 Å². The summed E-state index contributed by atoms with van der Waals surface area (Å²) >= 11 is 0. The zero-order valence-electron chi connectivity index (χ0n) is 17.9. The molecule has 1 aromatic heterocycles. The average Bonchev–Trinajstić information content (AvgIpc) is 3.07. The Hall–Kier alpha value is -4.18. The fourth-order valence-electron chi connectivity index (χ4n) is 3.83. The van der Waals surface area contributed by atoms with Gasteiger partial charge in [0.05, 0.1) is 23.3 Å². The first-order chi connectivity index (χ1) is 15.5. The fraction of sp³-hybridized carbons (Fsp3) is 0.200. The summed E-state index contributed by atoms with van der Waals surface area (Å²) in [7, 11) is 3.59. The average molecular weight is 426 g/mol. The summed E-state index contributed by atoms with van der Waals surface area (Å²) in [5, 5.41) is 10.7. The number of hydrogen-bond donors (Lipinski definition) is 0. The van der Waals surface area contributed by atoms with Crippen molar-refractivity contribution in [1.29, 1.82) is 5.26 Å². The quantitative estimate of drug-likeness (QED) is 0.338. The van der Waals surface area contributed by atoms with Gasteiger partial charge in [-0.1, -0.05) is 36.4 Å². The third-order valence-electron chi connectivity index (χ3n) is 5.46. The molecule has 7 nitrogen and oxygen atoms in total. The van der Waals surface area contributed by atoms with Crippen molar-refractivity contribution >= 4 is 34.0 Å².